The van der Waals surface area contributed by atoms with Crippen LogP contribution in [0.15, 0.2) is 24.3 Å². The van der Waals surface area contributed by atoms with Gasteiger partial charge >= 0.3 is 0 Å². The monoisotopic (exact) mass is 310 g/mol. The summed E-state index contributed by atoms with van der Waals surface area (Å²) in [7, 11) is -3.31. The van der Waals surface area contributed by atoms with Crippen LogP contribution in [0.5, 0.6) is 5.75 Å². The zero-order chi connectivity index (χ0) is 14.7. The Hall–Kier alpha value is -1.11. The quantitative estimate of drug-likeness (QED) is 0.918. The van der Waals surface area contributed by atoms with E-state index in [1.165, 1.54) is 5.56 Å². The lowest BCUT2D eigenvalue weighted by atomic mass is 9.97. The fourth-order valence-corrected chi connectivity index (χ4v) is 4.35. The maximum absolute atomic E-state index is 12.2. The summed E-state index contributed by atoms with van der Waals surface area (Å²) < 4.78 is 34.4. The Labute approximate surface area is 126 Å². The van der Waals surface area contributed by atoms with E-state index in [-0.39, 0.29) is 5.92 Å². The first kappa shape index (κ1) is 14.8. The van der Waals surface area contributed by atoms with E-state index >= 15 is 0 Å². The van der Waals surface area contributed by atoms with Crippen LogP contribution in [0.4, 0.5) is 0 Å². The number of nitrogens with one attached hydrogen (secondary N) is 1. The van der Waals surface area contributed by atoms with Crippen LogP contribution in [0.2, 0.25) is 0 Å². The molecule has 3 rings (SSSR count). The first-order valence-electron chi connectivity index (χ1n) is 7.60. The van der Waals surface area contributed by atoms with Crippen LogP contribution >= 0.6 is 0 Å². The van der Waals surface area contributed by atoms with E-state index in [4.69, 9.17) is 4.74 Å². The van der Waals surface area contributed by atoms with E-state index in [1.807, 2.05) is 18.2 Å². The Kier molecular flexibility index (Phi) is 4.47. The second-order valence-electron chi connectivity index (χ2n) is 5.77. The SMILES string of the molecule is O=S(=O)(NCC1CCOc2ccccc2C1)N1CCCC1. The largest absolute Gasteiger partial charge is 0.493 e. The van der Waals surface area contributed by atoms with Crippen LogP contribution in [-0.2, 0) is 16.6 Å². The zero-order valence-corrected chi connectivity index (χ0v) is 12.9. The van der Waals surface area contributed by atoms with Gasteiger partial charge in [-0.3, -0.25) is 0 Å². The van der Waals surface area contributed by atoms with E-state index in [0.717, 1.165) is 31.4 Å². The molecule has 0 saturated carbocycles. The van der Waals surface area contributed by atoms with Crippen molar-refractivity contribution in [3.8, 4) is 5.75 Å². The highest BCUT2D eigenvalue weighted by atomic mass is 32.2. The number of benzene rings is 1. The molecule has 1 atom stereocenters. The van der Waals surface area contributed by atoms with Crippen molar-refractivity contribution in [2.24, 2.45) is 5.92 Å². The molecule has 2 aliphatic rings. The van der Waals surface area contributed by atoms with Gasteiger partial charge < -0.3 is 4.74 Å². The van der Waals surface area contributed by atoms with Crippen molar-refractivity contribution >= 4 is 10.2 Å². The number of nitrogens with zero attached hydrogens (tertiary/aromatic N) is 1. The first-order valence-corrected chi connectivity index (χ1v) is 9.04. The minimum atomic E-state index is -3.31. The highest BCUT2D eigenvalue weighted by molar-refractivity contribution is 7.87. The molecule has 1 aromatic carbocycles. The molecule has 5 nitrogen and oxygen atoms in total. The topological polar surface area (TPSA) is 58.6 Å². The number of hydrogen-bond donors (Lipinski definition) is 1. The van der Waals surface area contributed by atoms with Crippen LogP contribution in [0.1, 0.15) is 24.8 Å². The normalized spacial score (nSPS) is 23.3. The van der Waals surface area contributed by atoms with Gasteiger partial charge in [0.2, 0.25) is 0 Å². The standard InChI is InChI=1S/C15H22N2O3S/c18-21(19,17-8-3-4-9-17)16-12-13-7-10-20-15-6-2-1-5-14(15)11-13/h1-2,5-6,13,16H,3-4,7-12H2. The van der Waals surface area contributed by atoms with Gasteiger partial charge in [-0.05, 0) is 43.2 Å². The summed E-state index contributed by atoms with van der Waals surface area (Å²) >= 11 is 0. The van der Waals surface area contributed by atoms with Gasteiger partial charge in [0.15, 0.2) is 0 Å². The predicted octanol–water partition coefficient (Wildman–Crippen LogP) is 1.56. The predicted molar refractivity (Wildman–Crippen MR) is 81.5 cm³/mol. The molecule has 0 spiro atoms. The van der Waals surface area contributed by atoms with Gasteiger partial charge in [-0.25, -0.2) is 4.72 Å². The molecule has 6 heteroatoms. The summed E-state index contributed by atoms with van der Waals surface area (Å²) in [5.74, 6) is 1.22. The number of rotatable bonds is 4. The van der Waals surface area contributed by atoms with Gasteiger partial charge in [0.25, 0.3) is 10.2 Å². The second-order valence-corrected chi connectivity index (χ2v) is 7.53. The lowest BCUT2D eigenvalue weighted by Crippen LogP contribution is -2.41. The van der Waals surface area contributed by atoms with Gasteiger partial charge in [-0.15, -0.1) is 0 Å². The Morgan fingerprint density at radius 1 is 1.24 bits per heavy atom. The summed E-state index contributed by atoms with van der Waals surface area (Å²) in [6.45, 7) is 2.42. The van der Waals surface area contributed by atoms with Crippen molar-refractivity contribution < 1.29 is 13.2 Å². The molecule has 1 aromatic rings. The fourth-order valence-electron chi connectivity index (χ4n) is 2.98. The molecule has 2 heterocycles. The molecule has 2 aliphatic heterocycles. The van der Waals surface area contributed by atoms with Gasteiger partial charge in [-0.1, -0.05) is 18.2 Å². The molecular weight excluding hydrogens is 288 g/mol. The molecule has 21 heavy (non-hydrogen) atoms. The molecular formula is C15H22N2O3S. The third kappa shape index (κ3) is 3.56. The summed E-state index contributed by atoms with van der Waals surface area (Å²) in [6, 6.07) is 8.00. The minimum absolute atomic E-state index is 0.283. The smallest absolute Gasteiger partial charge is 0.279 e. The van der Waals surface area contributed by atoms with E-state index in [2.05, 4.69) is 10.8 Å². The lowest BCUT2D eigenvalue weighted by molar-refractivity contribution is 0.294. The van der Waals surface area contributed by atoms with E-state index in [1.54, 1.807) is 4.31 Å². The van der Waals surface area contributed by atoms with Gasteiger partial charge in [0.1, 0.15) is 5.75 Å². The molecule has 1 saturated heterocycles. The average molecular weight is 310 g/mol. The van der Waals surface area contributed by atoms with Crippen molar-refractivity contribution in [2.45, 2.75) is 25.7 Å². The van der Waals surface area contributed by atoms with Crippen molar-refractivity contribution in [1.82, 2.24) is 9.03 Å². The second kappa shape index (κ2) is 6.34. The van der Waals surface area contributed by atoms with Crippen molar-refractivity contribution in [3.05, 3.63) is 29.8 Å². The maximum Gasteiger partial charge on any atom is 0.279 e. The number of ether oxygens (including phenoxy) is 1. The number of hydrogen-bond acceptors (Lipinski definition) is 3. The maximum atomic E-state index is 12.2. The highest BCUT2D eigenvalue weighted by Crippen LogP contribution is 2.26. The molecule has 0 aromatic heterocycles. The van der Waals surface area contributed by atoms with Crippen LogP contribution in [0.3, 0.4) is 0 Å². The average Bonchev–Trinajstić information content (AvgIpc) is 2.94. The molecule has 1 fully saturated rings. The Morgan fingerprint density at radius 2 is 2.00 bits per heavy atom. The lowest BCUT2D eigenvalue weighted by Gasteiger charge is -2.19. The number of fused-ring (bicyclic) bond motifs is 1. The van der Waals surface area contributed by atoms with E-state index in [0.29, 0.717) is 26.2 Å². The third-order valence-electron chi connectivity index (χ3n) is 4.22. The summed E-state index contributed by atoms with van der Waals surface area (Å²) in [4.78, 5) is 0. The fraction of sp³-hybridized carbons (Fsp3) is 0.600. The summed E-state index contributed by atoms with van der Waals surface area (Å²) in [6.07, 6.45) is 3.66. The zero-order valence-electron chi connectivity index (χ0n) is 12.1. The molecule has 0 aliphatic carbocycles. The van der Waals surface area contributed by atoms with Crippen LogP contribution in [0.25, 0.3) is 0 Å². The molecule has 0 amide bonds. The molecule has 0 radical (unpaired) electrons. The van der Waals surface area contributed by atoms with Gasteiger partial charge in [0, 0.05) is 19.6 Å². The first-order chi connectivity index (χ1) is 10.1. The minimum Gasteiger partial charge on any atom is -0.493 e. The third-order valence-corrected chi connectivity index (χ3v) is 5.80. The van der Waals surface area contributed by atoms with E-state index < -0.39 is 10.2 Å². The molecule has 0 bridgehead atoms. The Balaban J connectivity index is 1.61. The van der Waals surface area contributed by atoms with Crippen LogP contribution in [-0.4, -0.2) is 39.0 Å². The Bertz CT molecular complexity index is 582. The molecule has 1 unspecified atom stereocenters. The Morgan fingerprint density at radius 3 is 2.81 bits per heavy atom. The van der Waals surface area contributed by atoms with E-state index in [9.17, 15) is 8.42 Å². The summed E-state index contributed by atoms with van der Waals surface area (Å²) in [5.41, 5.74) is 1.17. The number of para-hydroxylation sites is 1. The highest BCUT2D eigenvalue weighted by Gasteiger charge is 2.26. The summed E-state index contributed by atoms with van der Waals surface area (Å²) in [5, 5.41) is 0. The van der Waals surface area contributed by atoms with Crippen molar-refractivity contribution in [3.63, 3.8) is 0 Å². The van der Waals surface area contributed by atoms with Crippen molar-refractivity contribution in [2.75, 3.05) is 26.2 Å². The van der Waals surface area contributed by atoms with Crippen LogP contribution in [0, 0.1) is 5.92 Å². The molecule has 1 N–H and O–H groups in total. The molecule has 116 valence electrons. The van der Waals surface area contributed by atoms with Crippen LogP contribution < -0.4 is 9.46 Å². The van der Waals surface area contributed by atoms with Gasteiger partial charge in [-0.2, -0.15) is 12.7 Å². The van der Waals surface area contributed by atoms with Gasteiger partial charge in [0.05, 0.1) is 6.61 Å². The van der Waals surface area contributed by atoms with Crippen molar-refractivity contribution in [1.29, 1.82) is 0 Å².